The number of fused-ring (bicyclic) bond motifs is 1. The molecule has 0 fully saturated rings. The zero-order valence-electron chi connectivity index (χ0n) is 7.87. The fraction of sp³-hybridized carbons (Fsp3) is 0.222. The van der Waals surface area contributed by atoms with Crippen LogP contribution in [0, 0.1) is 6.92 Å². The van der Waals surface area contributed by atoms with Crippen LogP contribution in [0.3, 0.4) is 0 Å². The van der Waals surface area contributed by atoms with Gasteiger partial charge < -0.3 is 10.5 Å². The van der Waals surface area contributed by atoms with Gasteiger partial charge in [-0.3, -0.25) is 0 Å². The van der Waals surface area contributed by atoms with Crippen molar-refractivity contribution in [2.24, 2.45) is 0 Å². The zero-order chi connectivity index (χ0) is 10.3. The maximum Gasteiger partial charge on any atom is 0.237 e. The minimum Gasteiger partial charge on any atom is -0.425 e. The molecule has 1 aromatic carbocycles. The summed E-state index contributed by atoms with van der Waals surface area (Å²) in [5.74, 6) is 0.446. The third kappa shape index (κ3) is 1.24. The second-order valence-corrected chi connectivity index (χ2v) is 4.00. The third-order valence-corrected chi connectivity index (χ3v) is 2.57. The standard InChI is InChI=1S/C9H10BrN3O/c1-5-3-6(10)4-7-8(5)12-9(11-2)13(7)14/h3-4,14H,1-2H3,(H,11,12). The van der Waals surface area contributed by atoms with Gasteiger partial charge in [0.15, 0.2) is 0 Å². The van der Waals surface area contributed by atoms with Crippen molar-refractivity contribution in [3.05, 3.63) is 22.2 Å². The first-order valence-corrected chi connectivity index (χ1v) is 4.98. The van der Waals surface area contributed by atoms with Gasteiger partial charge in [-0.05, 0) is 24.6 Å². The Morgan fingerprint density at radius 3 is 2.86 bits per heavy atom. The molecular weight excluding hydrogens is 246 g/mol. The summed E-state index contributed by atoms with van der Waals surface area (Å²) in [7, 11) is 1.72. The smallest absolute Gasteiger partial charge is 0.237 e. The van der Waals surface area contributed by atoms with Crippen LogP contribution in [-0.4, -0.2) is 22.0 Å². The SMILES string of the molecule is CNc1nc2c(C)cc(Br)cc2n1O. The van der Waals surface area contributed by atoms with E-state index in [2.05, 4.69) is 26.2 Å². The summed E-state index contributed by atoms with van der Waals surface area (Å²) in [4.78, 5) is 4.25. The number of hydrogen-bond acceptors (Lipinski definition) is 3. The van der Waals surface area contributed by atoms with Crippen LogP contribution in [-0.2, 0) is 0 Å². The number of benzene rings is 1. The van der Waals surface area contributed by atoms with Crippen LogP contribution in [0.2, 0.25) is 0 Å². The van der Waals surface area contributed by atoms with E-state index in [1.165, 1.54) is 0 Å². The normalized spacial score (nSPS) is 10.8. The summed E-state index contributed by atoms with van der Waals surface area (Å²) in [5, 5.41) is 12.5. The largest absolute Gasteiger partial charge is 0.425 e. The summed E-state index contributed by atoms with van der Waals surface area (Å²) in [6.45, 7) is 1.96. The molecular formula is C9H10BrN3O. The monoisotopic (exact) mass is 255 g/mol. The molecule has 0 saturated carbocycles. The Morgan fingerprint density at radius 2 is 2.21 bits per heavy atom. The minimum atomic E-state index is 0.446. The quantitative estimate of drug-likeness (QED) is 0.770. The second-order valence-electron chi connectivity index (χ2n) is 3.09. The summed E-state index contributed by atoms with van der Waals surface area (Å²) < 4.78 is 1.98. The van der Waals surface area contributed by atoms with E-state index in [4.69, 9.17) is 0 Å². The number of nitrogens with one attached hydrogen (secondary N) is 1. The van der Waals surface area contributed by atoms with Gasteiger partial charge in [-0.1, -0.05) is 15.9 Å². The summed E-state index contributed by atoms with van der Waals surface area (Å²) in [5.41, 5.74) is 2.53. The molecule has 0 spiro atoms. The molecule has 14 heavy (non-hydrogen) atoms. The van der Waals surface area contributed by atoms with Crippen molar-refractivity contribution in [3.63, 3.8) is 0 Å². The number of anilines is 1. The highest BCUT2D eigenvalue weighted by Gasteiger charge is 2.10. The Labute approximate surface area is 89.6 Å². The van der Waals surface area contributed by atoms with Crippen LogP contribution in [0.1, 0.15) is 5.56 Å². The van der Waals surface area contributed by atoms with Crippen LogP contribution >= 0.6 is 15.9 Å². The molecule has 1 heterocycles. The summed E-state index contributed by atoms with van der Waals surface area (Å²) >= 11 is 3.38. The van der Waals surface area contributed by atoms with Crippen molar-refractivity contribution < 1.29 is 5.21 Å². The van der Waals surface area contributed by atoms with E-state index in [-0.39, 0.29) is 0 Å². The Morgan fingerprint density at radius 1 is 1.50 bits per heavy atom. The molecule has 0 aliphatic rings. The van der Waals surface area contributed by atoms with Gasteiger partial charge in [-0.25, -0.2) is 4.98 Å². The Kier molecular flexibility index (Phi) is 2.11. The van der Waals surface area contributed by atoms with Crippen LogP contribution in [0.25, 0.3) is 11.0 Å². The van der Waals surface area contributed by atoms with Gasteiger partial charge in [-0.2, -0.15) is 0 Å². The molecule has 5 heteroatoms. The van der Waals surface area contributed by atoms with Gasteiger partial charge in [-0.15, -0.1) is 4.73 Å². The molecule has 0 aliphatic heterocycles. The number of halogens is 1. The van der Waals surface area contributed by atoms with Crippen LogP contribution in [0.4, 0.5) is 5.95 Å². The van der Waals surface area contributed by atoms with Gasteiger partial charge in [0.05, 0.1) is 5.52 Å². The molecule has 0 radical (unpaired) electrons. The molecule has 2 rings (SSSR count). The molecule has 0 bridgehead atoms. The number of rotatable bonds is 1. The van der Waals surface area contributed by atoms with Gasteiger partial charge in [0.25, 0.3) is 0 Å². The highest BCUT2D eigenvalue weighted by molar-refractivity contribution is 9.10. The first-order chi connectivity index (χ1) is 6.63. The number of aryl methyl sites for hydroxylation is 1. The topological polar surface area (TPSA) is 50.1 Å². The Balaban J connectivity index is 2.85. The van der Waals surface area contributed by atoms with E-state index in [0.29, 0.717) is 11.5 Å². The van der Waals surface area contributed by atoms with Crippen LogP contribution < -0.4 is 5.32 Å². The van der Waals surface area contributed by atoms with Crippen molar-refractivity contribution in [2.75, 3.05) is 12.4 Å². The average Bonchev–Trinajstić information content (AvgIpc) is 2.44. The van der Waals surface area contributed by atoms with Crippen molar-refractivity contribution in [1.29, 1.82) is 0 Å². The van der Waals surface area contributed by atoms with Gasteiger partial charge in [0.1, 0.15) is 5.52 Å². The second kappa shape index (κ2) is 3.16. The third-order valence-electron chi connectivity index (χ3n) is 2.12. The van der Waals surface area contributed by atoms with E-state index in [0.717, 1.165) is 20.3 Å². The molecule has 0 unspecified atom stereocenters. The number of aromatic nitrogens is 2. The van der Waals surface area contributed by atoms with Gasteiger partial charge in [0.2, 0.25) is 5.95 Å². The Hall–Kier alpha value is -1.23. The van der Waals surface area contributed by atoms with Crippen molar-refractivity contribution >= 4 is 32.9 Å². The van der Waals surface area contributed by atoms with Gasteiger partial charge >= 0.3 is 0 Å². The molecule has 0 atom stereocenters. The van der Waals surface area contributed by atoms with E-state index >= 15 is 0 Å². The molecule has 0 amide bonds. The van der Waals surface area contributed by atoms with E-state index < -0.39 is 0 Å². The van der Waals surface area contributed by atoms with Crippen molar-refractivity contribution in [2.45, 2.75) is 6.92 Å². The first-order valence-electron chi connectivity index (χ1n) is 4.19. The fourth-order valence-corrected chi connectivity index (χ4v) is 2.01. The molecule has 1 aromatic heterocycles. The maximum atomic E-state index is 9.71. The lowest BCUT2D eigenvalue weighted by molar-refractivity contribution is 0.204. The van der Waals surface area contributed by atoms with Crippen molar-refractivity contribution in [1.82, 2.24) is 9.71 Å². The molecule has 2 aromatic rings. The van der Waals surface area contributed by atoms with E-state index in [1.54, 1.807) is 7.05 Å². The average molecular weight is 256 g/mol. The number of hydrogen-bond donors (Lipinski definition) is 2. The lowest BCUT2D eigenvalue weighted by Gasteiger charge is -1.98. The summed E-state index contributed by atoms with van der Waals surface area (Å²) in [6, 6.07) is 3.80. The van der Waals surface area contributed by atoms with Crippen LogP contribution in [0.15, 0.2) is 16.6 Å². The molecule has 0 aliphatic carbocycles. The number of nitrogens with zero attached hydrogens (tertiary/aromatic N) is 2. The molecule has 4 nitrogen and oxygen atoms in total. The fourth-order valence-electron chi connectivity index (χ4n) is 1.45. The highest BCUT2D eigenvalue weighted by Crippen LogP contribution is 2.25. The lowest BCUT2D eigenvalue weighted by atomic mass is 10.2. The summed E-state index contributed by atoms with van der Waals surface area (Å²) in [6.07, 6.45) is 0. The molecule has 0 saturated heterocycles. The van der Waals surface area contributed by atoms with Crippen LogP contribution in [0.5, 0.6) is 0 Å². The first kappa shape index (κ1) is 9.33. The minimum absolute atomic E-state index is 0.446. The van der Waals surface area contributed by atoms with E-state index in [1.807, 2.05) is 19.1 Å². The van der Waals surface area contributed by atoms with Crippen molar-refractivity contribution in [3.8, 4) is 0 Å². The number of imidazole rings is 1. The predicted octanol–water partition coefficient (Wildman–Crippen LogP) is 2.39. The van der Waals surface area contributed by atoms with E-state index in [9.17, 15) is 5.21 Å². The molecule has 2 N–H and O–H groups in total. The molecule has 74 valence electrons. The predicted molar refractivity (Wildman–Crippen MR) is 58.9 cm³/mol. The maximum absolute atomic E-state index is 9.71. The zero-order valence-corrected chi connectivity index (χ0v) is 9.46. The highest BCUT2D eigenvalue weighted by atomic mass is 79.9. The Bertz CT molecular complexity index is 492. The van der Waals surface area contributed by atoms with Gasteiger partial charge in [0, 0.05) is 11.5 Å². The lowest BCUT2D eigenvalue weighted by Crippen LogP contribution is -1.98.